The zero-order valence-corrected chi connectivity index (χ0v) is 12.6. The molecule has 7 heteroatoms. The number of anilines is 1. The van der Waals surface area contributed by atoms with Gasteiger partial charge in [0.2, 0.25) is 10.0 Å². The summed E-state index contributed by atoms with van der Waals surface area (Å²) >= 11 is 0. The predicted molar refractivity (Wildman–Crippen MR) is 76.4 cm³/mol. The molecule has 3 atom stereocenters. The molecule has 2 aliphatic rings. The van der Waals surface area contributed by atoms with Crippen LogP contribution in [-0.2, 0) is 16.6 Å². The van der Waals surface area contributed by atoms with E-state index >= 15 is 0 Å². The maximum absolute atomic E-state index is 12.3. The molecule has 1 aromatic heterocycles. The molecule has 0 aromatic carbocycles. The van der Waals surface area contributed by atoms with Crippen LogP contribution in [0.2, 0.25) is 0 Å². The second kappa shape index (κ2) is 5.04. The van der Waals surface area contributed by atoms with Gasteiger partial charge in [-0.1, -0.05) is 6.42 Å². The first-order chi connectivity index (χ1) is 9.49. The smallest absolute Gasteiger partial charge is 0.245 e. The van der Waals surface area contributed by atoms with Crippen LogP contribution in [0.1, 0.15) is 32.6 Å². The van der Waals surface area contributed by atoms with Gasteiger partial charge < -0.3 is 5.73 Å². The zero-order valence-electron chi connectivity index (χ0n) is 11.7. The summed E-state index contributed by atoms with van der Waals surface area (Å²) in [6.07, 6.45) is 6.52. The zero-order chi connectivity index (χ0) is 14.3. The molecule has 1 heterocycles. The van der Waals surface area contributed by atoms with Gasteiger partial charge in [-0.05, 0) is 43.9 Å². The number of hydrogen-bond donors (Lipinski definition) is 2. The summed E-state index contributed by atoms with van der Waals surface area (Å²) in [6, 6.07) is 0. The number of hydrogen-bond acceptors (Lipinski definition) is 4. The Balaban J connectivity index is 1.67. The highest BCUT2D eigenvalue weighted by molar-refractivity contribution is 7.89. The molecular formula is C13H22N4O2S. The minimum absolute atomic E-state index is 0.0762. The topological polar surface area (TPSA) is 90.0 Å². The third kappa shape index (κ3) is 2.44. The predicted octanol–water partition coefficient (Wildman–Crippen LogP) is 1.20. The van der Waals surface area contributed by atoms with Crippen LogP contribution in [0.5, 0.6) is 0 Å². The van der Waals surface area contributed by atoms with Crippen LogP contribution < -0.4 is 10.5 Å². The first kappa shape index (κ1) is 13.9. The molecule has 1 aromatic rings. The number of rotatable bonds is 5. The third-order valence-corrected chi connectivity index (χ3v) is 6.23. The first-order valence-electron chi connectivity index (χ1n) is 7.32. The molecule has 0 aliphatic heterocycles. The second-order valence-electron chi connectivity index (χ2n) is 6.02. The van der Waals surface area contributed by atoms with Crippen molar-refractivity contribution in [3.05, 3.63) is 6.20 Å². The lowest BCUT2D eigenvalue weighted by Gasteiger charge is -2.21. The lowest BCUT2D eigenvalue weighted by atomic mass is 9.89. The number of aromatic nitrogens is 2. The average molecular weight is 298 g/mol. The number of nitrogens with zero attached hydrogens (tertiary/aromatic N) is 2. The van der Waals surface area contributed by atoms with E-state index in [2.05, 4.69) is 9.82 Å². The summed E-state index contributed by atoms with van der Waals surface area (Å²) in [5, 5.41) is 3.99. The largest absolute Gasteiger partial charge is 0.381 e. The fourth-order valence-corrected chi connectivity index (χ4v) is 4.87. The Labute approximate surface area is 119 Å². The average Bonchev–Trinajstić information content (AvgIpc) is 3.10. The fraction of sp³-hybridized carbons (Fsp3) is 0.769. The monoisotopic (exact) mass is 298 g/mol. The Hall–Kier alpha value is -1.08. The van der Waals surface area contributed by atoms with Crippen molar-refractivity contribution in [1.29, 1.82) is 0 Å². The molecular weight excluding hydrogens is 276 g/mol. The Morgan fingerprint density at radius 3 is 2.80 bits per heavy atom. The molecule has 2 saturated carbocycles. The number of nitrogens with two attached hydrogens (primary N) is 1. The maximum Gasteiger partial charge on any atom is 0.245 e. The summed E-state index contributed by atoms with van der Waals surface area (Å²) in [6.45, 7) is 3.03. The lowest BCUT2D eigenvalue weighted by molar-refractivity contribution is 0.333. The molecule has 2 fully saturated rings. The van der Waals surface area contributed by atoms with Gasteiger partial charge in [0.25, 0.3) is 0 Å². The van der Waals surface area contributed by atoms with Gasteiger partial charge in [-0.2, -0.15) is 5.10 Å². The minimum atomic E-state index is -3.54. The molecule has 0 radical (unpaired) electrons. The van der Waals surface area contributed by atoms with Crippen molar-refractivity contribution >= 4 is 15.8 Å². The molecule has 3 rings (SSSR count). The standard InChI is InChI=1S/C13H22N4O2S/c1-2-17-8-12(13(14)16-17)20(18,19)15-7-11-6-9-3-4-10(11)5-9/h8-11,15H,2-7H2,1H3,(H2,14,16). The van der Waals surface area contributed by atoms with Crippen molar-refractivity contribution in [3.63, 3.8) is 0 Å². The van der Waals surface area contributed by atoms with Gasteiger partial charge in [0.05, 0.1) is 0 Å². The van der Waals surface area contributed by atoms with E-state index in [1.54, 1.807) is 4.68 Å². The SMILES string of the molecule is CCn1cc(S(=O)(=O)NCC2CC3CCC2C3)c(N)n1. The van der Waals surface area contributed by atoms with Crippen LogP contribution in [0, 0.1) is 17.8 Å². The summed E-state index contributed by atoms with van der Waals surface area (Å²) in [7, 11) is -3.54. The Morgan fingerprint density at radius 2 is 2.25 bits per heavy atom. The Kier molecular flexibility index (Phi) is 3.50. The molecule has 6 nitrogen and oxygen atoms in total. The maximum atomic E-state index is 12.3. The second-order valence-corrected chi connectivity index (χ2v) is 7.76. The van der Waals surface area contributed by atoms with Crippen molar-refractivity contribution in [3.8, 4) is 0 Å². The van der Waals surface area contributed by atoms with Crippen LogP contribution in [0.15, 0.2) is 11.1 Å². The van der Waals surface area contributed by atoms with E-state index in [-0.39, 0.29) is 10.7 Å². The molecule has 2 bridgehead atoms. The summed E-state index contributed by atoms with van der Waals surface area (Å²) in [5.74, 6) is 2.10. The van der Waals surface area contributed by atoms with E-state index in [1.165, 1.54) is 25.5 Å². The number of nitrogens with one attached hydrogen (secondary N) is 1. The van der Waals surface area contributed by atoms with Gasteiger partial charge in [0.1, 0.15) is 4.90 Å². The molecule has 3 N–H and O–H groups in total. The van der Waals surface area contributed by atoms with E-state index in [0.717, 1.165) is 12.3 Å². The van der Waals surface area contributed by atoms with Crippen molar-refractivity contribution < 1.29 is 8.42 Å². The van der Waals surface area contributed by atoms with Gasteiger partial charge in [-0.15, -0.1) is 0 Å². The van der Waals surface area contributed by atoms with Crippen LogP contribution >= 0.6 is 0 Å². The third-order valence-electron chi connectivity index (χ3n) is 4.79. The van der Waals surface area contributed by atoms with Gasteiger partial charge in [0, 0.05) is 19.3 Å². The van der Waals surface area contributed by atoms with Gasteiger partial charge >= 0.3 is 0 Å². The molecule has 20 heavy (non-hydrogen) atoms. The summed E-state index contributed by atoms with van der Waals surface area (Å²) in [5.41, 5.74) is 5.70. The molecule has 0 saturated heterocycles. The van der Waals surface area contributed by atoms with E-state index in [4.69, 9.17) is 5.73 Å². The fourth-order valence-electron chi connectivity index (χ4n) is 3.71. The van der Waals surface area contributed by atoms with Gasteiger partial charge in [-0.3, -0.25) is 4.68 Å². The van der Waals surface area contributed by atoms with Crippen molar-refractivity contribution in [2.75, 3.05) is 12.3 Å². The quantitative estimate of drug-likeness (QED) is 0.854. The number of fused-ring (bicyclic) bond motifs is 2. The number of sulfonamides is 1. The van der Waals surface area contributed by atoms with Gasteiger partial charge in [0.15, 0.2) is 5.82 Å². The molecule has 0 spiro atoms. The molecule has 112 valence electrons. The summed E-state index contributed by atoms with van der Waals surface area (Å²) in [4.78, 5) is 0.0995. The Morgan fingerprint density at radius 1 is 1.45 bits per heavy atom. The highest BCUT2D eigenvalue weighted by atomic mass is 32.2. The van der Waals surface area contributed by atoms with Crippen molar-refractivity contribution in [1.82, 2.24) is 14.5 Å². The molecule has 2 aliphatic carbocycles. The van der Waals surface area contributed by atoms with E-state index < -0.39 is 10.0 Å². The highest BCUT2D eigenvalue weighted by Crippen LogP contribution is 2.48. The summed E-state index contributed by atoms with van der Waals surface area (Å²) < 4.78 is 28.9. The van der Waals surface area contributed by atoms with Crippen LogP contribution in [0.4, 0.5) is 5.82 Å². The molecule has 0 amide bonds. The number of nitrogen functional groups attached to an aromatic ring is 1. The van der Waals surface area contributed by atoms with Crippen LogP contribution in [-0.4, -0.2) is 24.7 Å². The lowest BCUT2D eigenvalue weighted by Crippen LogP contribution is -2.31. The normalized spacial score (nSPS) is 29.1. The van der Waals surface area contributed by atoms with Gasteiger partial charge in [-0.25, -0.2) is 13.1 Å². The van der Waals surface area contributed by atoms with E-state index in [1.807, 2.05) is 6.92 Å². The van der Waals surface area contributed by atoms with Crippen molar-refractivity contribution in [2.24, 2.45) is 17.8 Å². The minimum Gasteiger partial charge on any atom is -0.381 e. The van der Waals surface area contributed by atoms with Crippen molar-refractivity contribution in [2.45, 2.75) is 44.0 Å². The van der Waals surface area contributed by atoms with E-state index in [0.29, 0.717) is 24.9 Å². The Bertz CT molecular complexity index is 596. The number of aryl methyl sites for hydroxylation is 1. The van der Waals surface area contributed by atoms with E-state index in [9.17, 15) is 8.42 Å². The first-order valence-corrected chi connectivity index (χ1v) is 8.80. The van der Waals surface area contributed by atoms with Crippen LogP contribution in [0.25, 0.3) is 0 Å². The van der Waals surface area contributed by atoms with Crippen LogP contribution in [0.3, 0.4) is 0 Å². The highest BCUT2D eigenvalue weighted by Gasteiger charge is 2.39. The molecule has 3 unspecified atom stereocenters.